The molecule has 1 aromatic carbocycles. The van der Waals surface area contributed by atoms with Gasteiger partial charge in [0, 0.05) is 18.7 Å². The topological polar surface area (TPSA) is 64.1 Å². The molecule has 0 saturated carbocycles. The van der Waals surface area contributed by atoms with Crippen LogP contribution in [-0.4, -0.2) is 53.1 Å². The van der Waals surface area contributed by atoms with Crippen LogP contribution in [0.25, 0.3) is 0 Å². The van der Waals surface area contributed by atoms with Crippen molar-refractivity contribution in [3.8, 4) is 17.2 Å². The Labute approximate surface area is 174 Å². The van der Waals surface area contributed by atoms with Crippen LogP contribution in [0.15, 0.2) is 17.1 Å². The summed E-state index contributed by atoms with van der Waals surface area (Å²) in [6.07, 6.45) is -4.60. The van der Waals surface area contributed by atoms with Crippen LogP contribution in [0.3, 0.4) is 0 Å². The maximum Gasteiger partial charge on any atom is 0.390 e. The summed E-state index contributed by atoms with van der Waals surface area (Å²) in [6, 6.07) is 3.63. The summed E-state index contributed by atoms with van der Waals surface area (Å²) in [5.41, 5.74) is 0.879. The van der Waals surface area contributed by atoms with Crippen molar-refractivity contribution in [3.05, 3.63) is 17.7 Å². The van der Waals surface area contributed by atoms with E-state index in [-0.39, 0.29) is 30.5 Å². The van der Waals surface area contributed by atoms with Crippen molar-refractivity contribution in [2.75, 3.05) is 41.0 Å². The van der Waals surface area contributed by atoms with Crippen molar-refractivity contribution >= 4 is 29.9 Å². The third kappa shape index (κ3) is 8.76. The number of halogens is 4. The zero-order valence-corrected chi connectivity index (χ0v) is 18.2. The molecule has 6 nitrogen and oxygen atoms in total. The van der Waals surface area contributed by atoms with Gasteiger partial charge in [-0.2, -0.15) is 13.2 Å². The molecule has 0 saturated heterocycles. The molecule has 0 heterocycles. The monoisotopic (exact) mass is 505 g/mol. The standard InChI is InChI=1S/C17H26F3N3O3.HI/c1-5-21-16(23-11-9-17(18,19)20)22-10-8-12-6-7-13(24-2)15(26-4)14(12)25-3;/h6-7H,5,8-11H2,1-4H3,(H2,21,22,23);1H. The van der Waals surface area contributed by atoms with E-state index in [1.165, 1.54) is 14.2 Å². The van der Waals surface area contributed by atoms with Crippen LogP contribution in [-0.2, 0) is 6.42 Å². The van der Waals surface area contributed by atoms with Gasteiger partial charge < -0.3 is 24.8 Å². The summed E-state index contributed by atoms with van der Waals surface area (Å²) in [7, 11) is 4.61. The first-order valence-corrected chi connectivity index (χ1v) is 8.23. The summed E-state index contributed by atoms with van der Waals surface area (Å²) in [4.78, 5) is 3.93. The van der Waals surface area contributed by atoms with Crippen LogP contribution in [0.4, 0.5) is 13.2 Å². The second-order valence-electron chi connectivity index (χ2n) is 5.30. The lowest BCUT2D eigenvalue weighted by Gasteiger charge is -2.16. The Morgan fingerprint density at radius 3 is 2.22 bits per heavy atom. The number of hydrogen-bond acceptors (Lipinski definition) is 4. The Morgan fingerprint density at radius 2 is 1.70 bits per heavy atom. The molecule has 0 unspecified atom stereocenters. The molecule has 0 aliphatic heterocycles. The number of rotatable bonds is 9. The highest BCUT2D eigenvalue weighted by Gasteiger charge is 2.26. The van der Waals surface area contributed by atoms with Crippen LogP contribution >= 0.6 is 24.0 Å². The first-order valence-electron chi connectivity index (χ1n) is 8.23. The van der Waals surface area contributed by atoms with E-state index in [2.05, 4.69) is 15.6 Å². The second-order valence-corrected chi connectivity index (χ2v) is 5.30. The molecule has 0 radical (unpaired) electrons. The predicted molar refractivity (Wildman–Crippen MR) is 110 cm³/mol. The number of nitrogens with one attached hydrogen (secondary N) is 2. The van der Waals surface area contributed by atoms with Crippen LogP contribution in [0.5, 0.6) is 17.2 Å². The van der Waals surface area contributed by atoms with Gasteiger partial charge in [-0.05, 0) is 19.4 Å². The lowest BCUT2D eigenvalue weighted by molar-refractivity contribution is -0.132. The van der Waals surface area contributed by atoms with Gasteiger partial charge in [-0.25, -0.2) is 0 Å². The first kappa shape index (κ1) is 25.4. The molecule has 0 spiro atoms. The number of guanidine groups is 1. The molecule has 0 aliphatic carbocycles. The fourth-order valence-electron chi connectivity index (χ4n) is 2.31. The van der Waals surface area contributed by atoms with E-state index in [0.717, 1.165) is 5.56 Å². The summed E-state index contributed by atoms with van der Waals surface area (Å²) in [5, 5.41) is 5.94. The highest BCUT2D eigenvalue weighted by atomic mass is 127. The smallest absolute Gasteiger partial charge is 0.390 e. The minimum absolute atomic E-state index is 0. The molecule has 1 rings (SSSR count). The number of benzene rings is 1. The van der Waals surface area contributed by atoms with Gasteiger partial charge in [0.1, 0.15) is 0 Å². The number of nitrogens with zero attached hydrogens (tertiary/aromatic N) is 1. The Morgan fingerprint density at radius 1 is 1.04 bits per heavy atom. The van der Waals surface area contributed by atoms with Crippen molar-refractivity contribution in [2.24, 2.45) is 4.99 Å². The summed E-state index contributed by atoms with van der Waals surface area (Å²) in [6.45, 7) is 2.54. The lowest BCUT2D eigenvalue weighted by Crippen LogP contribution is -2.38. The van der Waals surface area contributed by atoms with Gasteiger partial charge in [-0.15, -0.1) is 24.0 Å². The third-order valence-electron chi connectivity index (χ3n) is 3.48. The molecule has 2 N–H and O–H groups in total. The minimum Gasteiger partial charge on any atom is -0.493 e. The highest BCUT2D eigenvalue weighted by molar-refractivity contribution is 14.0. The fraction of sp³-hybridized carbons (Fsp3) is 0.588. The Hall–Kier alpha value is -1.59. The summed E-state index contributed by atoms with van der Waals surface area (Å²) in [5.74, 6) is 1.96. The van der Waals surface area contributed by atoms with Crippen molar-refractivity contribution < 1.29 is 27.4 Å². The maximum absolute atomic E-state index is 12.2. The number of methoxy groups -OCH3 is 3. The molecule has 0 aromatic heterocycles. The van der Waals surface area contributed by atoms with E-state index in [1.54, 1.807) is 13.2 Å². The van der Waals surface area contributed by atoms with Gasteiger partial charge in [0.05, 0.1) is 34.3 Å². The van der Waals surface area contributed by atoms with Crippen LogP contribution in [0.1, 0.15) is 18.9 Å². The molecule has 10 heteroatoms. The maximum atomic E-state index is 12.2. The van der Waals surface area contributed by atoms with Crippen LogP contribution in [0.2, 0.25) is 0 Å². The molecule has 1 aromatic rings. The largest absolute Gasteiger partial charge is 0.493 e. The van der Waals surface area contributed by atoms with Gasteiger partial charge in [-0.1, -0.05) is 6.07 Å². The highest BCUT2D eigenvalue weighted by Crippen LogP contribution is 2.39. The van der Waals surface area contributed by atoms with Gasteiger partial charge >= 0.3 is 6.18 Å². The van der Waals surface area contributed by atoms with Crippen molar-refractivity contribution in [1.29, 1.82) is 0 Å². The van der Waals surface area contributed by atoms with Crippen molar-refractivity contribution in [1.82, 2.24) is 10.6 Å². The average molecular weight is 505 g/mol. The molecule has 0 bridgehead atoms. The minimum atomic E-state index is -4.21. The first-order chi connectivity index (χ1) is 12.4. The van der Waals surface area contributed by atoms with Gasteiger partial charge in [0.15, 0.2) is 17.5 Å². The van der Waals surface area contributed by atoms with E-state index in [0.29, 0.717) is 42.7 Å². The normalized spacial score (nSPS) is 11.4. The predicted octanol–water partition coefficient (Wildman–Crippen LogP) is 3.38. The summed E-state index contributed by atoms with van der Waals surface area (Å²) < 4.78 is 52.7. The molecular formula is C17H27F3IN3O3. The van der Waals surface area contributed by atoms with Gasteiger partial charge in [0.25, 0.3) is 0 Å². The van der Waals surface area contributed by atoms with E-state index in [4.69, 9.17) is 14.2 Å². The number of alkyl halides is 3. The third-order valence-corrected chi connectivity index (χ3v) is 3.48. The summed E-state index contributed by atoms with van der Waals surface area (Å²) >= 11 is 0. The lowest BCUT2D eigenvalue weighted by atomic mass is 10.1. The Bertz CT molecular complexity index is 599. The van der Waals surface area contributed by atoms with Gasteiger partial charge in [0.2, 0.25) is 5.75 Å². The van der Waals surface area contributed by atoms with Crippen LogP contribution in [0, 0.1) is 0 Å². The average Bonchev–Trinajstić information content (AvgIpc) is 2.59. The number of ether oxygens (including phenoxy) is 3. The van der Waals surface area contributed by atoms with Crippen molar-refractivity contribution in [3.63, 3.8) is 0 Å². The molecule has 0 fully saturated rings. The zero-order valence-electron chi connectivity index (χ0n) is 15.9. The quantitative estimate of drug-likeness (QED) is 0.306. The van der Waals surface area contributed by atoms with Gasteiger partial charge in [-0.3, -0.25) is 4.99 Å². The molecule has 27 heavy (non-hydrogen) atoms. The van der Waals surface area contributed by atoms with E-state index in [9.17, 15) is 13.2 Å². The second kappa shape index (κ2) is 12.7. The van der Waals surface area contributed by atoms with E-state index >= 15 is 0 Å². The SMILES string of the molecule is CCNC(=NCCC(F)(F)F)NCCc1ccc(OC)c(OC)c1OC.I. The van der Waals surface area contributed by atoms with Crippen LogP contribution < -0.4 is 24.8 Å². The van der Waals surface area contributed by atoms with E-state index < -0.39 is 12.6 Å². The molecular weight excluding hydrogens is 478 g/mol. The fourth-order valence-corrected chi connectivity index (χ4v) is 2.31. The Balaban J connectivity index is 0.00000676. The zero-order chi connectivity index (χ0) is 19.6. The Kier molecular flexibility index (Phi) is 12.0. The molecule has 0 atom stereocenters. The molecule has 0 aliphatic rings. The number of aliphatic imine (C=N–C) groups is 1. The molecule has 0 amide bonds. The molecule has 156 valence electrons. The van der Waals surface area contributed by atoms with E-state index in [1.807, 2.05) is 13.0 Å². The van der Waals surface area contributed by atoms with Crippen molar-refractivity contribution in [2.45, 2.75) is 25.9 Å². The number of hydrogen-bond donors (Lipinski definition) is 2.